The van der Waals surface area contributed by atoms with Gasteiger partial charge in [0.05, 0.1) is 19.3 Å². The Kier molecular flexibility index (Phi) is 8.73. The van der Waals surface area contributed by atoms with Crippen molar-refractivity contribution in [1.29, 1.82) is 0 Å². The maximum Gasteiger partial charge on any atom is 0.220 e. The highest BCUT2D eigenvalue weighted by molar-refractivity contribution is 8.13. The largest absolute Gasteiger partial charge is 0.493 e. The zero-order chi connectivity index (χ0) is 20.5. The van der Waals surface area contributed by atoms with E-state index in [-0.39, 0.29) is 12.0 Å². The van der Waals surface area contributed by atoms with Gasteiger partial charge in [0.25, 0.3) is 0 Å². The van der Waals surface area contributed by atoms with E-state index < -0.39 is 5.95 Å². The number of halogens is 1. The smallest absolute Gasteiger partial charge is 0.220 e. The van der Waals surface area contributed by atoms with Crippen molar-refractivity contribution in [1.82, 2.24) is 4.98 Å². The molecule has 1 aliphatic heterocycles. The van der Waals surface area contributed by atoms with Crippen molar-refractivity contribution in [3.8, 4) is 16.9 Å². The van der Waals surface area contributed by atoms with Crippen LogP contribution in [-0.2, 0) is 4.74 Å². The number of aromatic nitrogens is 1. The molecule has 0 saturated carbocycles. The molecule has 3 rings (SSSR count). The Morgan fingerprint density at radius 2 is 2.18 bits per heavy atom. The monoisotopic (exact) mass is 405 g/mol. The van der Waals surface area contributed by atoms with Crippen molar-refractivity contribution in [2.24, 2.45) is 16.6 Å². The van der Waals surface area contributed by atoms with Crippen LogP contribution in [0.1, 0.15) is 32.4 Å². The number of benzene rings is 1. The Bertz CT molecular complexity index is 801. The molecule has 1 unspecified atom stereocenters. The number of hydrogen-bond donors (Lipinski definition) is 1. The molecule has 2 atom stereocenters. The van der Waals surface area contributed by atoms with E-state index in [4.69, 9.17) is 15.2 Å². The summed E-state index contributed by atoms with van der Waals surface area (Å²) in [7, 11) is 0. The number of pyridine rings is 1. The van der Waals surface area contributed by atoms with Gasteiger partial charge in [-0.05, 0) is 43.0 Å². The first-order chi connectivity index (χ1) is 13.6. The molecule has 0 fully saturated rings. The fraction of sp³-hybridized carbons (Fsp3) is 0.429. The molecular weight excluding hydrogens is 377 g/mol. The number of hydrogen-bond acceptors (Lipinski definition) is 5. The number of ether oxygens (including phenoxy) is 2. The molecule has 152 valence electrons. The zero-order valence-electron chi connectivity index (χ0n) is 16.8. The summed E-state index contributed by atoms with van der Waals surface area (Å²) in [5, 5.41) is 0.502. The molecule has 0 amide bonds. The minimum Gasteiger partial charge on any atom is -0.493 e. The first-order valence-corrected chi connectivity index (χ1v) is 10.7. The second-order valence-corrected chi connectivity index (χ2v) is 6.77. The molecule has 0 spiro atoms. The van der Waals surface area contributed by atoms with Crippen LogP contribution < -0.4 is 10.5 Å². The minimum atomic E-state index is -0.501. The Balaban J connectivity index is 0.00000136. The third-order valence-electron chi connectivity index (χ3n) is 4.31. The summed E-state index contributed by atoms with van der Waals surface area (Å²) < 4.78 is 25.6. The summed E-state index contributed by atoms with van der Waals surface area (Å²) in [6, 6.07) is 8.83. The average molecular weight is 406 g/mol. The lowest BCUT2D eigenvalue weighted by Crippen LogP contribution is -2.30. The summed E-state index contributed by atoms with van der Waals surface area (Å²) in [4.78, 5) is 8.41. The molecule has 28 heavy (non-hydrogen) atoms. The molecule has 5 nitrogen and oxygen atoms in total. The molecule has 1 aromatic heterocycles. The predicted octanol–water partition coefficient (Wildman–Crippen LogP) is 4.68. The molecule has 7 heteroatoms. The van der Waals surface area contributed by atoms with Gasteiger partial charge in [0.1, 0.15) is 5.75 Å². The van der Waals surface area contributed by atoms with E-state index in [1.165, 1.54) is 18.0 Å². The Hall–Kier alpha value is -2.12. The van der Waals surface area contributed by atoms with Gasteiger partial charge in [0.15, 0.2) is 5.17 Å². The van der Waals surface area contributed by atoms with Crippen LogP contribution in [0, 0.1) is 11.9 Å². The molecule has 0 saturated heterocycles. The molecule has 2 aromatic rings. The van der Waals surface area contributed by atoms with Crippen LogP contribution in [0.5, 0.6) is 5.75 Å². The second-order valence-electron chi connectivity index (χ2n) is 5.94. The zero-order valence-corrected chi connectivity index (χ0v) is 17.6. The maximum absolute atomic E-state index is 14.1. The second kappa shape index (κ2) is 11.0. The average Bonchev–Trinajstić information content (AvgIpc) is 2.74. The molecule has 0 bridgehead atoms. The summed E-state index contributed by atoms with van der Waals surface area (Å²) in [6.07, 6.45) is 3.32. The van der Waals surface area contributed by atoms with Crippen LogP contribution in [0.15, 0.2) is 41.5 Å². The van der Waals surface area contributed by atoms with Crippen molar-refractivity contribution >= 4 is 16.9 Å². The van der Waals surface area contributed by atoms with Crippen LogP contribution in [0.25, 0.3) is 11.1 Å². The summed E-state index contributed by atoms with van der Waals surface area (Å²) in [5.41, 5.74) is 8.06. The molecule has 1 aromatic carbocycles. The Morgan fingerprint density at radius 1 is 1.39 bits per heavy atom. The fourth-order valence-corrected chi connectivity index (χ4v) is 3.21. The third kappa shape index (κ3) is 5.23. The van der Waals surface area contributed by atoms with E-state index in [1.807, 2.05) is 45.2 Å². The van der Waals surface area contributed by atoms with Crippen LogP contribution in [0.2, 0.25) is 0 Å². The van der Waals surface area contributed by atoms with Gasteiger partial charge < -0.3 is 15.2 Å². The summed E-state index contributed by atoms with van der Waals surface area (Å²) >= 11 is 1.40. The first-order valence-electron chi connectivity index (χ1n) is 9.46. The van der Waals surface area contributed by atoms with E-state index in [0.29, 0.717) is 30.6 Å². The van der Waals surface area contributed by atoms with Gasteiger partial charge in [0, 0.05) is 29.8 Å². The minimum absolute atomic E-state index is 0.0437. The molecule has 1 aliphatic rings. The number of fused-ring (bicyclic) bond motifs is 1. The highest BCUT2D eigenvalue weighted by atomic mass is 32.2. The van der Waals surface area contributed by atoms with Crippen molar-refractivity contribution in [3.63, 3.8) is 0 Å². The van der Waals surface area contributed by atoms with Gasteiger partial charge in [0.2, 0.25) is 5.95 Å². The number of thioether (sulfide) groups is 1. The highest BCUT2D eigenvalue weighted by Crippen LogP contribution is 2.41. The van der Waals surface area contributed by atoms with Crippen molar-refractivity contribution in [2.75, 3.05) is 26.1 Å². The maximum atomic E-state index is 14.1. The lowest BCUT2D eigenvalue weighted by molar-refractivity contribution is 0.0659. The molecule has 0 aliphatic carbocycles. The number of nitrogens with zero attached hydrogens (tertiary/aromatic N) is 2. The van der Waals surface area contributed by atoms with Crippen LogP contribution in [-0.4, -0.2) is 36.2 Å². The van der Waals surface area contributed by atoms with E-state index in [2.05, 4.69) is 9.98 Å². The first kappa shape index (κ1) is 22.2. The van der Waals surface area contributed by atoms with Crippen LogP contribution >= 0.6 is 11.8 Å². The van der Waals surface area contributed by atoms with Gasteiger partial charge in [-0.15, -0.1) is 0 Å². The Labute approximate surface area is 170 Å². The topological polar surface area (TPSA) is 69.7 Å². The predicted molar refractivity (Wildman–Crippen MR) is 114 cm³/mol. The number of rotatable bonds is 5. The highest BCUT2D eigenvalue weighted by Gasteiger charge is 2.32. The van der Waals surface area contributed by atoms with Gasteiger partial charge in [-0.1, -0.05) is 31.7 Å². The van der Waals surface area contributed by atoms with Gasteiger partial charge in [-0.2, -0.15) is 4.39 Å². The number of nitrogens with two attached hydrogens (primary N) is 1. The molecule has 2 N–H and O–H groups in total. The summed E-state index contributed by atoms with van der Waals surface area (Å²) in [5.74, 6) is 0.286. The Morgan fingerprint density at radius 3 is 2.86 bits per heavy atom. The molecular formula is C21H28FN3O2S. The molecule has 0 radical (unpaired) electrons. The summed E-state index contributed by atoms with van der Waals surface area (Å²) in [6.45, 7) is 7.61. The van der Waals surface area contributed by atoms with Crippen molar-refractivity contribution in [3.05, 3.63) is 48.0 Å². The van der Waals surface area contributed by atoms with Crippen LogP contribution in [0.3, 0.4) is 0 Å². The standard InChI is InChI=1S/C19H22FN3O2S.C2H6/c1-3-24-10-13-11-25-16-7-6-12(14-5-4-8-22-18(14)20)9-15(16)17(13)23-19(21)26-2;1-2/h4-9,13,17H,3,10-11H2,1-2H3,(H2,21,23);1-2H3/t13-,17?;/m1./s1. The van der Waals surface area contributed by atoms with Crippen molar-refractivity contribution < 1.29 is 13.9 Å². The lowest BCUT2D eigenvalue weighted by Gasteiger charge is -2.31. The van der Waals surface area contributed by atoms with Crippen molar-refractivity contribution in [2.45, 2.75) is 26.8 Å². The SMILES string of the molecule is CC.CCOC[C@@H]1COc2ccc(-c3cccnc3F)cc2C1N=C(N)SC. The van der Waals surface area contributed by atoms with E-state index in [0.717, 1.165) is 16.9 Å². The van der Waals surface area contributed by atoms with E-state index in [1.54, 1.807) is 12.1 Å². The fourth-order valence-electron chi connectivity index (χ4n) is 3.00. The van der Waals surface area contributed by atoms with E-state index in [9.17, 15) is 4.39 Å². The quantitative estimate of drug-likeness (QED) is 0.444. The number of aliphatic imine (C=N–C) groups is 1. The molecule has 2 heterocycles. The van der Waals surface area contributed by atoms with E-state index >= 15 is 0 Å². The normalized spacial score (nSPS) is 18.5. The third-order valence-corrected chi connectivity index (χ3v) is 4.83. The lowest BCUT2D eigenvalue weighted by atomic mass is 9.89. The number of amidine groups is 1. The van der Waals surface area contributed by atoms with Crippen LogP contribution in [0.4, 0.5) is 4.39 Å². The van der Waals surface area contributed by atoms with Gasteiger partial charge >= 0.3 is 0 Å². The van der Waals surface area contributed by atoms with Gasteiger partial charge in [-0.25, -0.2) is 4.98 Å². The van der Waals surface area contributed by atoms with Gasteiger partial charge in [-0.3, -0.25) is 4.99 Å².